The van der Waals surface area contributed by atoms with Crippen LogP contribution in [0.4, 0.5) is 9.02 Å². The van der Waals surface area contributed by atoms with Gasteiger partial charge in [-0.25, -0.2) is 4.98 Å². The molecule has 1 fully saturated rings. The summed E-state index contributed by atoms with van der Waals surface area (Å²) in [5.41, 5.74) is 1.67. The van der Waals surface area contributed by atoms with Crippen LogP contribution in [0.2, 0.25) is 0 Å². The minimum Gasteiger partial charge on any atom is -0.287 e. The molecule has 5 nitrogen and oxygen atoms in total. The molecule has 2 aromatic rings. The summed E-state index contributed by atoms with van der Waals surface area (Å²) in [6.45, 7) is 1.70. The topological polar surface area (TPSA) is 67.3 Å². The lowest BCUT2D eigenvalue weighted by atomic mass is 10.1. The van der Waals surface area contributed by atoms with Crippen molar-refractivity contribution < 1.29 is 17.1 Å². The van der Waals surface area contributed by atoms with Gasteiger partial charge in [-0.15, -0.1) is 15.2 Å². The predicted molar refractivity (Wildman–Crippen MR) is 83.1 cm³/mol. The Labute approximate surface area is 131 Å². The van der Waals surface area contributed by atoms with E-state index in [0.29, 0.717) is 5.13 Å². The Morgan fingerprint density at radius 3 is 2.59 bits per heavy atom. The van der Waals surface area contributed by atoms with Gasteiger partial charge < -0.3 is 0 Å². The lowest BCUT2D eigenvalue weighted by Gasteiger charge is -2.11. The Hall–Kier alpha value is -1.80. The zero-order chi connectivity index (χ0) is 15.9. The Bertz CT molecular complexity index is 818. The van der Waals surface area contributed by atoms with Crippen molar-refractivity contribution in [3.63, 3.8) is 0 Å². The SMILES string of the molecule is Cc1sc(N2CC(S(=O)(=O)F)CC2=O)nc1-c1ccccc1. The maximum absolute atomic E-state index is 13.1. The molecule has 8 heteroatoms. The summed E-state index contributed by atoms with van der Waals surface area (Å²) in [5, 5.41) is -0.892. The van der Waals surface area contributed by atoms with E-state index in [1.165, 1.54) is 16.2 Å². The number of hydrogen-bond donors (Lipinski definition) is 0. The van der Waals surface area contributed by atoms with Crippen molar-refractivity contribution in [3.05, 3.63) is 35.2 Å². The number of aromatic nitrogens is 1. The Morgan fingerprint density at radius 1 is 1.32 bits per heavy atom. The van der Waals surface area contributed by atoms with Crippen molar-refractivity contribution in [1.82, 2.24) is 4.98 Å². The smallest absolute Gasteiger partial charge is 0.287 e. The van der Waals surface area contributed by atoms with E-state index in [1.54, 1.807) is 0 Å². The highest BCUT2D eigenvalue weighted by Crippen LogP contribution is 2.35. The van der Waals surface area contributed by atoms with E-state index < -0.39 is 21.4 Å². The van der Waals surface area contributed by atoms with Gasteiger partial charge in [0.1, 0.15) is 5.25 Å². The minimum atomic E-state index is -4.72. The summed E-state index contributed by atoms with van der Waals surface area (Å²) in [5.74, 6) is -0.417. The minimum absolute atomic E-state index is 0.182. The van der Waals surface area contributed by atoms with E-state index in [9.17, 15) is 17.1 Å². The van der Waals surface area contributed by atoms with Crippen LogP contribution in [0, 0.1) is 6.92 Å². The first-order valence-corrected chi connectivity index (χ1v) is 8.89. The third-order valence-electron chi connectivity index (χ3n) is 3.55. The van der Waals surface area contributed by atoms with E-state index in [1.807, 2.05) is 37.3 Å². The molecule has 1 amide bonds. The Morgan fingerprint density at radius 2 is 2.00 bits per heavy atom. The lowest BCUT2D eigenvalue weighted by Crippen LogP contribution is -2.26. The van der Waals surface area contributed by atoms with Crippen LogP contribution in [-0.4, -0.2) is 31.1 Å². The number of halogens is 1. The number of rotatable bonds is 3. The molecule has 116 valence electrons. The molecule has 0 aliphatic carbocycles. The van der Waals surface area contributed by atoms with E-state index in [4.69, 9.17) is 0 Å². The molecule has 1 aliphatic rings. The second kappa shape index (κ2) is 5.44. The summed E-state index contributed by atoms with van der Waals surface area (Å²) in [6, 6.07) is 9.49. The van der Waals surface area contributed by atoms with Gasteiger partial charge in [-0.05, 0) is 6.92 Å². The molecule has 1 aliphatic heterocycles. The fraction of sp³-hybridized carbons (Fsp3) is 0.286. The second-order valence-corrected chi connectivity index (χ2v) is 7.87. The molecule has 0 N–H and O–H groups in total. The van der Waals surface area contributed by atoms with Crippen molar-refractivity contribution in [2.24, 2.45) is 0 Å². The molecule has 3 rings (SSSR count). The molecule has 0 bridgehead atoms. The maximum Gasteiger partial charge on any atom is 0.307 e. The van der Waals surface area contributed by atoms with Gasteiger partial charge in [0.25, 0.3) is 0 Å². The number of thiazole rings is 1. The molecule has 0 radical (unpaired) electrons. The molecule has 0 saturated carbocycles. The average Bonchev–Trinajstić information content (AvgIpc) is 3.02. The Kier molecular flexibility index (Phi) is 3.73. The van der Waals surface area contributed by atoms with Gasteiger partial charge in [0.05, 0.1) is 5.69 Å². The average molecular weight is 340 g/mol. The quantitative estimate of drug-likeness (QED) is 0.805. The lowest BCUT2D eigenvalue weighted by molar-refractivity contribution is -0.117. The molecule has 0 spiro atoms. The van der Waals surface area contributed by atoms with E-state index in [2.05, 4.69) is 4.98 Å². The van der Waals surface area contributed by atoms with Gasteiger partial charge in [0.2, 0.25) is 5.91 Å². The summed E-state index contributed by atoms with van der Waals surface area (Å²) in [4.78, 5) is 18.6. The zero-order valence-corrected chi connectivity index (χ0v) is 13.3. The van der Waals surface area contributed by atoms with Crippen molar-refractivity contribution in [2.75, 3.05) is 11.4 Å². The highest BCUT2D eigenvalue weighted by atomic mass is 32.3. The molecule has 1 atom stereocenters. The Balaban J connectivity index is 1.93. The number of aryl methyl sites for hydroxylation is 1. The number of amides is 1. The van der Waals surface area contributed by atoms with E-state index >= 15 is 0 Å². The highest BCUT2D eigenvalue weighted by Gasteiger charge is 2.40. The standard InChI is InChI=1S/C14H13FN2O3S2/c1-9-13(10-5-3-2-4-6-10)16-14(21-9)17-8-11(7-12(17)18)22(15,19)20/h2-6,11H,7-8H2,1H3. The van der Waals surface area contributed by atoms with Crippen LogP contribution in [0.1, 0.15) is 11.3 Å². The number of carbonyl (C=O) groups excluding carboxylic acids is 1. The fourth-order valence-electron chi connectivity index (χ4n) is 2.41. The first-order valence-electron chi connectivity index (χ1n) is 6.63. The predicted octanol–water partition coefficient (Wildman–Crippen LogP) is 2.52. The van der Waals surface area contributed by atoms with Crippen LogP contribution in [0.5, 0.6) is 0 Å². The molecule has 22 heavy (non-hydrogen) atoms. The van der Waals surface area contributed by atoms with Crippen LogP contribution in [-0.2, 0) is 15.0 Å². The van der Waals surface area contributed by atoms with Crippen LogP contribution >= 0.6 is 11.3 Å². The van der Waals surface area contributed by atoms with Gasteiger partial charge in [0.15, 0.2) is 5.13 Å². The highest BCUT2D eigenvalue weighted by molar-refractivity contribution is 7.87. The monoisotopic (exact) mass is 340 g/mol. The molecule has 1 aromatic heterocycles. The molecule has 2 heterocycles. The largest absolute Gasteiger partial charge is 0.307 e. The van der Waals surface area contributed by atoms with Gasteiger partial charge in [-0.2, -0.15) is 8.42 Å². The molecular formula is C14H13FN2O3S2. The molecule has 1 saturated heterocycles. The van der Waals surface area contributed by atoms with Gasteiger partial charge in [0, 0.05) is 23.4 Å². The number of anilines is 1. The summed E-state index contributed by atoms with van der Waals surface area (Å²) >= 11 is 1.30. The number of hydrogen-bond acceptors (Lipinski definition) is 5. The summed E-state index contributed by atoms with van der Waals surface area (Å²) in [7, 11) is -4.72. The van der Waals surface area contributed by atoms with Gasteiger partial charge in [-0.1, -0.05) is 30.3 Å². The van der Waals surface area contributed by atoms with E-state index in [-0.39, 0.29) is 13.0 Å². The first-order chi connectivity index (χ1) is 10.4. The van der Waals surface area contributed by atoms with Crippen molar-refractivity contribution in [3.8, 4) is 11.3 Å². The maximum atomic E-state index is 13.1. The number of nitrogens with zero attached hydrogens (tertiary/aromatic N) is 2. The second-order valence-electron chi connectivity index (χ2n) is 5.07. The van der Waals surface area contributed by atoms with Crippen LogP contribution in [0.3, 0.4) is 0 Å². The van der Waals surface area contributed by atoms with Crippen molar-refractivity contribution in [1.29, 1.82) is 0 Å². The third-order valence-corrected chi connectivity index (χ3v) is 5.66. The normalized spacial score (nSPS) is 18.9. The fourth-order valence-corrected chi connectivity index (χ4v) is 4.04. The zero-order valence-electron chi connectivity index (χ0n) is 11.7. The van der Waals surface area contributed by atoms with Crippen LogP contribution in [0.25, 0.3) is 11.3 Å². The third kappa shape index (κ3) is 2.76. The molecule has 1 unspecified atom stereocenters. The summed E-state index contributed by atoms with van der Waals surface area (Å²) < 4.78 is 35.1. The van der Waals surface area contributed by atoms with Crippen molar-refractivity contribution in [2.45, 2.75) is 18.6 Å². The van der Waals surface area contributed by atoms with Gasteiger partial charge >= 0.3 is 10.2 Å². The summed E-state index contributed by atoms with van der Waals surface area (Å²) in [6.07, 6.45) is -0.335. The van der Waals surface area contributed by atoms with Crippen molar-refractivity contribution >= 4 is 32.6 Å². The molecular weight excluding hydrogens is 327 g/mol. The first kappa shape index (κ1) is 15.1. The van der Waals surface area contributed by atoms with Crippen LogP contribution in [0.15, 0.2) is 30.3 Å². The van der Waals surface area contributed by atoms with E-state index in [0.717, 1.165) is 16.1 Å². The van der Waals surface area contributed by atoms with Gasteiger partial charge in [-0.3, -0.25) is 9.69 Å². The number of benzene rings is 1. The van der Waals surface area contributed by atoms with Crippen LogP contribution < -0.4 is 4.90 Å². The molecule has 1 aromatic carbocycles. The number of carbonyl (C=O) groups is 1.